The Kier molecular flexibility index (Phi) is 3.50. The molecule has 0 atom stereocenters. The lowest BCUT2D eigenvalue weighted by atomic mass is 10.1. The summed E-state index contributed by atoms with van der Waals surface area (Å²) in [5.74, 6) is -2.73. The molecule has 0 bridgehead atoms. The first-order valence-corrected chi connectivity index (χ1v) is 4.90. The van der Waals surface area contributed by atoms with E-state index < -0.39 is 23.1 Å². The maximum absolute atomic E-state index is 13.4. The Bertz CT molecular complexity index is 448. The third-order valence-electron chi connectivity index (χ3n) is 2.21. The Balaban J connectivity index is 3.11. The summed E-state index contributed by atoms with van der Waals surface area (Å²) in [4.78, 5) is 14.8. The summed E-state index contributed by atoms with van der Waals surface area (Å²) in [5.41, 5.74) is 3.94. The number of hydrogen-bond acceptors (Lipinski definition) is 4. The maximum Gasteiger partial charge on any atom is 0.242 e. The van der Waals surface area contributed by atoms with Gasteiger partial charge in [0.1, 0.15) is 5.54 Å². The molecule has 1 aromatic rings. The normalized spacial score (nSPS) is 11.1. The lowest BCUT2D eigenvalue weighted by Gasteiger charge is -2.23. The lowest BCUT2D eigenvalue weighted by Crippen LogP contribution is -2.45. The number of aromatic nitrogens is 1. The summed E-state index contributed by atoms with van der Waals surface area (Å²) in [6, 6.07) is 0.679. The molecular weight excluding hydrogens is 230 g/mol. The fourth-order valence-electron chi connectivity index (χ4n) is 1.09. The molecule has 0 spiro atoms. The van der Waals surface area contributed by atoms with Gasteiger partial charge in [-0.15, -0.1) is 0 Å². The molecule has 0 aliphatic rings. The van der Waals surface area contributed by atoms with Crippen LogP contribution in [0, 0.1) is 11.6 Å². The van der Waals surface area contributed by atoms with E-state index in [1.807, 2.05) is 0 Å². The van der Waals surface area contributed by atoms with Gasteiger partial charge < -0.3 is 16.4 Å². The van der Waals surface area contributed by atoms with Crippen LogP contribution in [0.3, 0.4) is 0 Å². The van der Waals surface area contributed by atoms with Crippen molar-refractivity contribution in [2.24, 2.45) is 5.73 Å². The molecule has 0 saturated heterocycles. The van der Waals surface area contributed by atoms with E-state index in [2.05, 4.69) is 15.6 Å². The number of primary amides is 1. The zero-order valence-electron chi connectivity index (χ0n) is 9.77. The SMILES string of the molecule is CNc1nc(NC(C)(C)C(N)=O)c(F)cc1F. The van der Waals surface area contributed by atoms with Crippen molar-refractivity contribution >= 4 is 17.5 Å². The Labute approximate surface area is 97.4 Å². The van der Waals surface area contributed by atoms with Crippen molar-refractivity contribution in [3.05, 3.63) is 17.7 Å². The zero-order chi connectivity index (χ0) is 13.2. The van der Waals surface area contributed by atoms with E-state index in [0.717, 1.165) is 0 Å². The molecule has 0 radical (unpaired) electrons. The third-order valence-corrected chi connectivity index (χ3v) is 2.21. The van der Waals surface area contributed by atoms with E-state index in [1.165, 1.54) is 20.9 Å². The average molecular weight is 244 g/mol. The highest BCUT2D eigenvalue weighted by atomic mass is 19.1. The van der Waals surface area contributed by atoms with Crippen molar-refractivity contribution in [1.82, 2.24) is 4.98 Å². The topological polar surface area (TPSA) is 80.0 Å². The molecule has 0 aliphatic carbocycles. The molecule has 4 N–H and O–H groups in total. The van der Waals surface area contributed by atoms with Crippen LogP contribution in [0.1, 0.15) is 13.8 Å². The second-order valence-electron chi connectivity index (χ2n) is 4.01. The zero-order valence-corrected chi connectivity index (χ0v) is 9.77. The van der Waals surface area contributed by atoms with E-state index >= 15 is 0 Å². The summed E-state index contributed by atoms with van der Waals surface area (Å²) in [7, 11) is 1.45. The van der Waals surface area contributed by atoms with Crippen LogP contribution in [0.2, 0.25) is 0 Å². The van der Waals surface area contributed by atoms with Crippen molar-refractivity contribution in [1.29, 1.82) is 0 Å². The number of nitrogens with one attached hydrogen (secondary N) is 2. The number of carbonyl (C=O) groups excluding carboxylic acids is 1. The number of anilines is 2. The Hall–Kier alpha value is -1.92. The van der Waals surface area contributed by atoms with Crippen LogP contribution in [0.5, 0.6) is 0 Å². The number of hydrogen-bond donors (Lipinski definition) is 3. The quantitative estimate of drug-likeness (QED) is 0.740. The fraction of sp³-hybridized carbons (Fsp3) is 0.400. The number of rotatable bonds is 4. The molecule has 1 amide bonds. The van der Waals surface area contributed by atoms with E-state index in [0.29, 0.717) is 6.07 Å². The minimum Gasteiger partial charge on any atom is -0.371 e. The van der Waals surface area contributed by atoms with Crippen LogP contribution in [0.25, 0.3) is 0 Å². The molecule has 0 saturated carbocycles. The van der Waals surface area contributed by atoms with E-state index in [-0.39, 0.29) is 11.6 Å². The average Bonchev–Trinajstić information content (AvgIpc) is 2.21. The number of carbonyl (C=O) groups is 1. The summed E-state index contributed by atoms with van der Waals surface area (Å²) in [6.07, 6.45) is 0. The summed E-state index contributed by atoms with van der Waals surface area (Å²) in [5, 5.41) is 4.99. The number of nitrogens with zero attached hydrogens (tertiary/aromatic N) is 1. The van der Waals surface area contributed by atoms with Gasteiger partial charge in [0.2, 0.25) is 5.91 Å². The third kappa shape index (κ3) is 2.80. The molecular formula is C10H14F2N4O. The Morgan fingerprint density at radius 3 is 2.35 bits per heavy atom. The standard InChI is InChI=1S/C10H14F2N4O/c1-10(2,9(13)17)16-8-6(12)4-5(11)7(14-3)15-8/h4H,1-3H3,(H2,13,17)(H2,14,15,16). The van der Waals surface area contributed by atoms with E-state index in [4.69, 9.17) is 5.73 Å². The second kappa shape index (κ2) is 4.52. The largest absolute Gasteiger partial charge is 0.371 e. The highest BCUT2D eigenvalue weighted by Crippen LogP contribution is 2.21. The highest BCUT2D eigenvalue weighted by molar-refractivity contribution is 5.86. The van der Waals surface area contributed by atoms with Crippen molar-refractivity contribution in [2.75, 3.05) is 17.7 Å². The molecule has 0 aliphatic heterocycles. The van der Waals surface area contributed by atoms with Gasteiger partial charge in [-0.25, -0.2) is 13.8 Å². The summed E-state index contributed by atoms with van der Waals surface area (Å²) >= 11 is 0. The van der Waals surface area contributed by atoms with Gasteiger partial charge in [0, 0.05) is 13.1 Å². The molecule has 1 rings (SSSR count). The Morgan fingerprint density at radius 2 is 1.88 bits per heavy atom. The van der Waals surface area contributed by atoms with Crippen LogP contribution in [0.15, 0.2) is 6.07 Å². The fourth-order valence-corrected chi connectivity index (χ4v) is 1.09. The lowest BCUT2D eigenvalue weighted by molar-refractivity contribution is -0.121. The number of pyridine rings is 1. The highest BCUT2D eigenvalue weighted by Gasteiger charge is 2.26. The van der Waals surface area contributed by atoms with Crippen LogP contribution < -0.4 is 16.4 Å². The van der Waals surface area contributed by atoms with Gasteiger partial charge in [-0.05, 0) is 13.8 Å². The van der Waals surface area contributed by atoms with Crippen molar-refractivity contribution < 1.29 is 13.6 Å². The summed E-state index contributed by atoms with van der Waals surface area (Å²) in [6.45, 7) is 2.94. The molecule has 94 valence electrons. The molecule has 0 fully saturated rings. The minimum absolute atomic E-state index is 0.117. The number of amides is 1. The Morgan fingerprint density at radius 1 is 1.35 bits per heavy atom. The first kappa shape index (κ1) is 13.1. The molecule has 7 heteroatoms. The number of halogens is 2. The van der Waals surface area contributed by atoms with E-state index in [1.54, 1.807) is 0 Å². The monoisotopic (exact) mass is 244 g/mol. The van der Waals surface area contributed by atoms with Crippen molar-refractivity contribution in [3.63, 3.8) is 0 Å². The molecule has 0 unspecified atom stereocenters. The van der Waals surface area contributed by atoms with Gasteiger partial charge in [0.15, 0.2) is 23.3 Å². The van der Waals surface area contributed by atoms with Crippen LogP contribution in [-0.2, 0) is 4.79 Å². The first-order chi connectivity index (χ1) is 7.77. The van der Waals surface area contributed by atoms with Gasteiger partial charge >= 0.3 is 0 Å². The predicted octanol–water partition coefficient (Wildman–Crippen LogP) is 1.08. The van der Waals surface area contributed by atoms with Crippen molar-refractivity contribution in [3.8, 4) is 0 Å². The molecule has 1 heterocycles. The van der Waals surface area contributed by atoms with Crippen LogP contribution >= 0.6 is 0 Å². The van der Waals surface area contributed by atoms with Gasteiger partial charge in [0.25, 0.3) is 0 Å². The van der Waals surface area contributed by atoms with Gasteiger partial charge in [-0.1, -0.05) is 0 Å². The predicted molar refractivity (Wildman–Crippen MR) is 60.6 cm³/mol. The summed E-state index contributed by atoms with van der Waals surface area (Å²) < 4.78 is 26.6. The maximum atomic E-state index is 13.4. The minimum atomic E-state index is -1.18. The van der Waals surface area contributed by atoms with Gasteiger partial charge in [-0.2, -0.15) is 0 Å². The molecule has 1 aromatic heterocycles. The molecule has 17 heavy (non-hydrogen) atoms. The second-order valence-corrected chi connectivity index (χ2v) is 4.01. The van der Waals surface area contributed by atoms with Crippen LogP contribution in [0.4, 0.5) is 20.4 Å². The smallest absolute Gasteiger partial charge is 0.242 e. The number of nitrogens with two attached hydrogens (primary N) is 1. The molecule has 0 aromatic carbocycles. The first-order valence-electron chi connectivity index (χ1n) is 4.90. The van der Waals surface area contributed by atoms with Gasteiger partial charge in [0.05, 0.1) is 0 Å². The van der Waals surface area contributed by atoms with Crippen molar-refractivity contribution in [2.45, 2.75) is 19.4 Å². The molecule has 5 nitrogen and oxygen atoms in total. The van der Waals surface area contributed by atoms with Crippen LogP contribution in [-0.4, -0.2) is 23.5 Å². The van der Waals surface area contributed by atoms with E-state index in [9.17, 15) is 13.6 Å². The van der Waals surface area contributed by atoms with Gasteiger partial charge in [-0.3, -0.25) is 4.79 Å².